The zero-order valence-corrected chi connectivity index (χ0v) is 12.9. The van der Waals surface area contributed by atoms with E-state index < -0.39 is 11.5 Å². The van der Waals surface area contributed by atoms with Crippen LogP contribution in [-0.2, 0) is 4.79 Å². The summed E-state index contributed by atoms with van der Waals surface area (Å²) in [5.74, 6) is -0.792. The van der Waals surface area contributed by atoms with Crippen molar-refractivity contribution in [3.8, 4) is 0 Å². The molecule has 0 spiro atoms. The molecule has 0 radical (unpaired) electrons. The highest BCUT2D eigenvalue weighted by molar-refractivity contribution is 5.78. The molecular weight excluding hydrogens is 252 g/mol. The first-order valence-electron chi connectivity index (χ1n) is 7.23. The molecule has 0 saturated carbocycles. The van der Waals surface area contributed by atoms with Gasteiger partial charge in [-0.25, -0.2) is 0 Å². The number of hydrogen-bond acceptors (Lipinski definition) is 3. The fraction of sp³-hybridized carbons (Fsp3) is 0.562. The standard InChI is InChI=1S/C16H26N2O2/c1-5-17-16(4,15(19)20)11-12-18(6-2)14-9-7-13(3)8-10-14/h7-10,17H,5-6,11-12H2,1-4H3,(H,19,20). The number of carbonyl (C=O) groups is 1. The van der Waals surface area contributed by atoms with Crippen LogP contribution in [0.2, 0.25) is 0 Å². The van der Waals surface area contributed by atoms with E-state index in [9.17, 15) is 9.90 Å². The maximum absolute atomic E-state index is 11.4. The van der Waals surface area contributed by atoms with Crippen molar-refractivity contribution in [1.82, 2.24) is 5.32 Å². The molecule has 4 heteroatoms. The highest BCUT2D eigenvalue weighted by Gasteiger charge is 2.32. The van der Waals surface area contributed by atoms with Crippen molar-refractivity contribution >= 4 is 11.7 Å². The minimum atomic E-state index is -0.868. The summed E-state index contributed by atoms with van der Waals surface area (Å²) in [6, 6.07) is 8.34. The number of carboxylic acids is 1. The molecule has 1 atom stereocenters. The van der Waals surface area contributed by atoms with Crippen LogP contribution in [0.1, 0.15) is 32.8 Å². The van der Waals surface area contributed by atoms with Crippen LogP contribution in [0.25, 0.3) is 0 Å². The summed E-state index contributed by atoms with van der Waals surface area (Å²) in [6.45, 7) is 10.1. The number of anilines is 1. The number of nitrogens with one attached hydrogen (secondary N) is 1. The lowest BCUT2D eigenvalue weighted by Gasteiger charge is -2.30. The lowest BCUT2D eigenvalue weighted by Crippen LogP contribution is -2.51. The normalized spacial score (nSPS) is 13.8. The van der Waals surface area contributed by atoms with Crippen LogP contribution < -0.4 is 10.2 Å². The summed E-state index contributed by atoms with van der Waals surface area (Å²) >= 11 is 0. The summed E-state index contributed by atoms with van der Waals surface area (Å²) in [5.41, 5.74) is 1.50. The third kappa shape index (κ3) is 4.23. The highest BCUT2D eigenvalue weighted by Crippen LogP contribution is 2.18. The smallest absolute Gasteiger partial charge is 0.323 e. The van der Waals surface area contributed by atoms with E-state index in [-0.39, 0.29) is 0 Å². The van der Waals surface area contributed by atoms with E-state index in [1.54, 1.807) is 6.92 Å². The van der Waals surface area contributed by atoms with E-state index in [4.69, 9.17) is 0 Å². The van der Waals surface area contributed by atoms with Crippen LogP contribution in [-0.4, -0.2) is 36.2 Å². The Morgan fingerprint density at radius 1 is 1.30 bits per heavy atom. The van der Waals surface area contributed by atoms with Gasteiger partial charge in [-0.15, -0.1) is 0 Å². The first kappa shape index (κ1) is 16.5. The Balaban J connectivity index is 2.73. The fourth-order valence-electron chi connectivity index (χ4n) is 2.25. The number of benzene rings is 1. The molecule has 0 aliphatic carbocycles. The lowest BCUT2D eigenvalue weighted by atomic mass is 9.97. The van der Waals surface area contributed by atoms with Crippen molar-refractivity contribution in [3.63, 3.8) is 0 Å². The Kier molecular flexibility index (Phi) is 6.02. The molecule has 1 unspecified atom stereocenters. The molecule has 0 aliphatic rings. The maximum Gasteiger partial charge on any atom is 0.323 e. The van der Waals surface area contributed by atoms with E-state index in [0.717, 1.165) is 18.8 Å². The predicted molar refractivity (Wildman–Crippen MR) is 83.4 cm³/mol. The average molecular weight is 278 g/mol. The molecule has 4 nitrogen and oxygen atoms in total. The van der Waals surface area contributed by atoms with Crippen molar-refractivity contribution < 1.29 is 9.90 Å². The first-order chi connectivity index (χ1) is 9.42. The van der Waals surface area contributed by atoms with Crippen LogP contribution in [0, 0.1) is 6.92 Å². The maximum atomic E-state index is 11.4. The average Bonchev–Trinajstić information content (AvgIpc) is 2.41. The molecule has 0 amide bonds. The van der Waals surface area contributed by atoms with Crippen LogP contribution >= 0.6 is 0 Å². The second-order valence-electron chi connectivity index (χ2n) is 5.33. The van der Waals surface area contributed by atoms with E-state index in [1.807, 2.05) is 6.92 Å². The Labute approximate surface area is 121 Å². The van der Waals surface area contributed by atoms with Crippen LogP contribution in [0.4, 0.5) is 5.69 Å². The van der Waals surface area contributed by atoms with Gasteiger partial charge in [-0.2, -0.15) is 0 Å². The number of carboxylic acid groups (broad SMARTS) is 1. The van der Waals surface area contributed by atoms with Crippen LogP contribution in [0.3, 0.4) is 0 Å². The zero-order chi connectivity index (χ0) is 15.2. The number of likely N-dealkylation sites (N-methyl/N-ethyl adjacent to an activating group) is 1. The van der Waals surface area contributed by atoms with Gasteiger partial charge in [0.2, 0.25) is 0 Å². The number of aliphatic carboxylic acids is 1. The molecule has 1 aromatic carbocycles. The van der Waals surface area contributed by atoms with E-state index in [0.29, 0.717) is 13.0 Å². The van der Waals surface area contributed by atoms with Gasteiger partial charge >= 0.3 is 5.97 Å². The quantitative estimate of drug-likeness (QED) is 0.767. The molecule has 0 fully saturated rings. The number of rotatable bonds is 8. The zero-order valence-electron chi connectivity index (χ0n) is 12.9. The molecule has 0 bridgehead atoms. The second-order valence-corrected chi connectivity index (χ2v) is 5.33. The van der Waals surface area contributed by atoms with Gasteiger partial charge in [-0.1, -0.05) is 24.6 Å². The molecule has 1 rings (SSSR count). The Hall–Kier alpha value is -1.55. The highest BCUT2D eigenvalue weighted by atomic mass is 16.4. The third-order valence-electron chi connectivity index (χ3n) is 3.70. The molecule has 1 aromatic rings. The SMILES string of the molecule is CCNC(C)(CCN(CC)c1ccc(C)cc1)C(=O)O. The summed E-state index contributed by atoms with van der Waals surface area (Å²) < 4.78 is 0. The summed E-state index contributed by atoms with van der Waals surface area (Å²) in [6.07, 6.45) is 0.567. The van der Waals surface area contributed by atoms with E-state index >= 15 is 0 Å². The van der Waals surface area contributed by atoms with Crippen molar-refractivity contribution in [1.29, 1.82) is 0 Å². The number of aryl methyl sites for hydroxylation is 1. The largest absolute Gasteiger partial charge is 0.480 e. The molecule has 0 aromatic heterocycles. The molecule has 0 heterocycles. The van der Waals surface area contributed by atoms with Gasteiger partial charge in [-0.05, 0) is 45.9 Å². The molecule has 20 heavy (non-hydrogen) atoms. The first-order valence-corrected chi connectivity index (χ1v) is 7.23. The van der Waals surface area contributed by atoms with Crippen molar-refractivity contribution in [3.05, 3.63) is 29.8 Å². The lowest BCUT2D eigenvalue weighted by molar-refractivity contribution is -0.144. The second kappa shape index (κ2) is 7.29. The van der Waals surface area contributed by atoms with Crippen LogP contribution in [0.15, 0.2) is 24.3 Å². The number of hydrogen-bond donors (Lipinski definition) is 2. The molecule has 0 saturated heterocycles. The van der Waals surface area contributed by atoms with Gasteiger partial charge in [0.25, 0.3) is 0 Å². The molecule has 112 valence electrons. The van der Waals surface area contributed by atoms with Gasteiger partial charge in [0, 0.05) is 18.8 Å². The molecule has 0 aliphatic heterocycles. The topological polar surface area (TPSA) is 52.6 Å². The van der Waals surface area contributed by atoms with E-state index in [2.05, 4.69) is 48.3 Å². The minimum Gasteiger partial charge on any atom is -0.480 e. The van der Waals surface area contributed by atoms with Gasteiger partial charge in [0.15, 0.2) is 0 Å². The van der Waals surface area contributed by atoms with E-state index in [1.165, 1.54) is 5.56 Å². The molecular formula is C16H26N2O2. The number of nitrogens with zero attached hydrogens (tertiary/aromatic N) is 1. The van der Waals surface area contributed by atoms with Gasteiger partial charge in [0.05, 0.1) is 0 Å². The minimum absolute atomic E-state index is 0.567. The summed E-state index contributed by atoms with van der Waals surface area (Å²) in [7, 11) is 0. The third-order valence-corrected chi connectivity index (χ3v) is 3.70. The summed E-state index contributed by atoms with van der Waals surface area (Å²) in [4.78, 5) is 13.6. The monoisotopic (exact) mass is 278 g/mol. The predicted octanol–water partition coefficient (Wildman–Crippen LogP) is 2.66. The van der Waals surface area contributed by atoms with Gasteiger partial charge < -0.3 is 15.3 Å². The van der Waals surface area contributed by atoms with Gasteiger partial charge in [-0.3, -0.25) is 4.79 Å². The Morgan fingerprint density at radius 3 is 2.35 bits per heavy atom. The van der Waals surface area contributed by atoms with Crippen molar-refractivity contribution in [2.45, 2.75) is 39.7 Å². The Morgan fingerprint density at radius 2 is 1.90 bits per heavy atom. The molecule has 2 N–H and O–H groups in total. The van der Waals surface area contributed by atoms with Crippen molar-refractivity contribution in [2.75, 3.05) is 24.5 Å². The van der Waals surface area contributed by atoms with Gasteiger partial charge in [0.1, 0.15) is 5.54 Å². The Bertz CT molecular complexity index is 431. The van der Waals surface area contributed by atoms with Crippen LogP contribution in [0.5, 0.6) is 0 Å². The summed E-state index contributed by atoms with van der Waals surface area (Å²) in [5, 5.41) is 12.4. The van der Waals surface area contributed by atoms with Crippen molar-refractivity contribution in [2.24, 2.45) is 0 Å². The fourth-order valence-corrected chi connectivity index (χ4v) is 2.25.